The molecule has 0 aromatic heterocycles. The Morgan fingerprint density at radius 2 is 1.94 bits per heavy atom. The monoisotopic (exact) mass is 262 g/mol. The molecule has 0 aliphatic rings. The van der Waals surface area contributed by atoms with Gasteiger partial charge in [0.2, 0.25) is 5.91 Å². The van der Waals surface area contributed by atoms with Gasteiger partial charge in [-0.15, -0.1) is 0 Å². The Morgan fingerprint density at radius 1 is 1.44 bits per heavy atom. The van der Waals surface area contributed by atoms with E-state index in [-0.39, 0.29) is 23.8 Å². The van der Waals surface area contributed by atoms with Crippen molar-refractivity contribution in [2.75, 3.05) is 19.1 Å². The predicted octanol–water partition coefficient (Wildman–Crippen LogP) is 1.75. The average molecular weight is 262 g/mol. The van der Waals surface area contributed by atoms with Gasteiger partial charge >= 0.3 is 0 Å². The van der Waals surface area contributed by atoms with E-state index in [1.54, 1.807) is 16.7 Å². The molecule has 16 heavy (non-hydrogen) atoms. The minimum absolute atomic E-state index is 0.0315. The van der Waals surface area contributed by atoms with Gasteiger partial charge in [0, 0.05) is 18.8 Å². The molecule has 5 heteroatoms. The smallest absolute Gasteiger partial charge is 0.232 e. The highest BCUT2D eigenvalue weighted by Gasteiger charge is 2.29. The van der Waals surface area contributed by atoms with Crippen LogP contribution < -0.4 is 5.73 Å². The Bertz CT molecular complexity index is 256. The zero-order valence-electron chi connectivity index (χ0n) is 10.7. The number of carbonyl (C=O) groups is 1. The van der Waals surface area contributed by atoms with Crippen molar-refractivity contribution in [1.82, 2.24) is 4.90 Å². The van der Waals surface area contributed by atoms with Crippen LogP contribution in [0.5, 0.6) is 0 Å². The highest BCUT2D eigenvalue weighted by atomic mass is 32.2. The number of thiocarbonyl (C=S) groups is 1. The second-order valence-electron chi connectivity index (χ2n) is 4.38. The van der Waals surface area contributed by atoms with E-state index in [1.807, 2.05) is 34.1 Å². The van der Waals surface area contributed by atoms with Crippen LogP contribution in [0.1, 0.15) is 20.8 Å². The van der Waals surface area contributed by atoms with Gasteiger partial charge in [-0.05, 0) is 19.1 Å². The van der Waals surface area contributed by atoms with Crippen LogP contribution in [-0.4, -0.2) is 40.9 Å². The molecule has 0 aromatic carbocycles. The van der Waals surface area contributed by atoms with E-state index in [0.29, 0.717) is 4.99 Å². The largest absolute Gasteiger partial charge is 0.393 e. The zero-order chi connectivity index (χ0) is 12.9. The number of carbonyl (C=O) groups excluding carboxylic acids is 1. The molecule has 3 nitrogen and oxygen atoms in total. The van der Waals surface area contributed by atoms with Crippen LogP contribution in [-0.2, 0) is 4.79 Å². The number of amides is 1. The second kappa shape index (κ2) is 7.12. The van der Waals surface area contributed by atoms with Crippen molar-refractivity contribution < 1.29 is 4.79 Å². The van der Waals surface area contributed by atoms with Crippen LogP contribution in [0.15, 0.2) is 0 Å². The molecular weight excluding hydrogens is 240 g/mol. The molecule has 0 fully saturated rings. The van der Waals surface area contributed by atoms with Crippen molar-refractivity contribution in [3.63, 3.8) is 0 Å². The summed E-state index contributed by atoms with van der Waals surface area (Å²) in [6, 6.07) is 0.207. The molecule has 0 rings (SSSR count). The van der Waals surface area contributed by atoms with Crippen molar-refractivity contribution in [2.45, 2.75) is 26.8 Å². The molecular formula is C11H22N2OS2. The van der Waals surface area contributed by atoms with Crippen molar-refractivity contribution in [1.29, 1.82) is 0 Å². The molecule has 94 valence electrons. The molecule has 0 bridgehead atoms. The molecule has 0 heterocycles. The maximum Gasteiger partial charge on any atom is 0.232 e. The van der Waals surface area contributed by atoms with Crippen LogP contribution >= 0.6 is 24.0 Å². The molecule has 0 saturated heterocycles. The second-order valence-corrected chi connectivity index (χ2v) is 5.76. The first-order valence-corrected chi connectivity index (χ1v) is 7.18. The lowest BCUT2D eigenvalue weighted by molar-refractivity contribution is -0.134. The van der Waals surface area contributed by atoms with Gasteiger partial charge < -0.3 is 10.6 Å². The Balaban J connectivity index is 4.68. The summed E-state index contributed by atoms with van der Waals surface area (Å²) in [5.74, 6) is 0.756. The molecule has 2 atom stereocenters. The highest BCUT2D eigenvalue weighted by molar-refractivity contribution is 7.98. The molecule has 0 aromatic rings. The summed E-state index contributed by atoms with van der Waals surface area (Å²) < 4.78 is 0. The van der Waals surface area contributed by atoms with Gasteiger partial charge in [-0.25, -0.2) is 0 Å². The lowest BCUT2D eigenvalue weighted by Gasteiger charge is -2.29. The average Bonchev–Trinajstić information content (AvgIpc) is 2.15. The fraction of sp³-hybridized carbons (Fsp3) is 0.818. The van der Waals surface area contributed by atoms with E-state index in [1.165, 1.54) is 0 Å². The lowest BCUT2D eigenvalue weighted by atomic mass is 9.94. The highest BCUT2D eigenvalue weighted by Crippen LogP contribution is 2.16. The van der Waals surface area contributed by atoms with E-state index in [0.717, 1.165) is 5.75 Å². The summed E-state index contributed by atoms with van der Waals surface area (Å²) in [4.78, 5) is 14.2. The lowest BCUT2D eigenvalue weighted by Crippen LogP contribution is -2.46. The van der Waals surface area contributed by atoms with Gasteiger partial charge in [0.05, 0.1) is 10.9 Å². The minimum Gasteiger partial charge on any atom is -0.393 e. The van der Waals surface area contributed by atoms with Crippen LogP contribution in [0, 0.1) is 11.8 Å². The summed E-state index contributed by atoms with van der Waals surface area (Å²) >= 11 is 6.69. The third kappa shape index (κ3) is 4.29. The predicted molar refractivity (Wildman–Crippen MR) is 75.7 cm³/mol. The first-order chi connectivity index (χ1) is 7.32. The fourth-order valence-electron chi connectivity index (χ4n) is 1.52. The van der Waals surface area contributed by atoms with E-state index < -0.39 is 0 Å². The summed E-state index contributed by atoms with van der Waals surface area (Å²) in [6.07, 6.45) is 2.03. The van der Waals surface area contributed by atoms with Crippen molar-refractivity contribution >= 4 is 34.9 Å². The van der Waals surface area contributed by atoms with Crippen molar-refractivity contribution in [3.8, 4) is 0 Å². The number of nitrogens with two attached hydrogens (primary N) is 1. The van der Waals surface area contributed by atoms with Crippen LogP contribution in [0.4, 0.5) is 0 Å². The number of hydrogen-bond donors (Lipinski definition) is 1. The normalized spacial score (nSPS) is 14.6. The van der Waals surface area contributed by atoms with Gasteiger partial charge in [0.25, 0.3) is 0 Å². The molecule has 0 radical (unpaired) electrons. The zero-order valence-corrected chi connectivity index (χ0v) is 12.3. The molecule has 2 unspecified atom stereocenters. The van der Waals surface area contributed by atoms with Gasteiger partial charge in [-0.1, -0.05) is 26.1 Å². The number of hydrogen-bond acceptors (Lipinski definition) is 3. The first kappa shape index (κ1) is 15.7. The van der Waals surface area contributed by atoms with E-state index in [9.17, 15) is 4.79 Å². The van der Waals surface area contributed by atoms with E-state index >= 15 is 0 Å². The summed E-state index contributed by atoms with van der Waals surface area (Å²) in [5.41, 5.74) is 5.63. The van der Waals surface area contributed by atoms with E-state index in [4.69, 9.17) is 18.0 Å². The van der Waals surface area contributed by atoms with Crippen molar-refractivity contribution in [2.24, 2.45) is 17.6 Å². The Labute approximate surface area is 108 Å². The van der Waals surface area contributed by atoms with Gasteiger partial charge in [0.1, 0.15) is 0 Å². The summed E-state index contributed by atoms with van der Waals surface area (Å²) in [7, 11) is 1.82. The van der Waals surface area contributed by atoms with Crippen LogP contribution in [0.3, 0.4) is 0 Å². The van der Waals surface area contributed by atoms with Crippen LogP contribution in [0.2, 0.25) is 0 Å². The SMILES string of the molecule is CSCC(C)N(C)C(=O)C(C(N)=S)C(C)C. The maximum absolute atomic E-state index is 12.2. The third-order valence-electron chi connectivity index (χ3n) is 2.66. The quantitative estimate of drug-likeness (QED) is 0.741. The molecule has 2 N–H and O–H groups in total. The Morgan fingerprint density at radius 3 is 2.25 bits per heavy atom. The topological polar surface area (TPSA) is 46.3 Å². The van der Waals surface area contributed by atoms with Gasteiger partial charge in [-0.2, -0.15) is 11.8 Å². The summed E-state index contributed by atoms with van der Waals surface area (Å²) in [5, 5.41) is 0. The van der Waals surface area contributed by atoms with E-state index in [2.05, 4.69) is 0 Å². The molecule has 0 spiro atoms. The molecule has 1 amide bonds. The van der Waals surface area contributed by atoms with Gasteiger partial charge in [-0.3, -0.25) is 4.79 Å². The summed E-state index contributed by atoms with van der Waals surface area (Å²) in [6.45, 7) is 5.97. The van der Waals surface area contributed by atoms with Crippen LogP contribution in [0.25, 0.3) is 0 Å². The number of rotatable bonds is 6. The number of thioether (sulfide) groups is 1. The minimum atomic E-state index is -0.343. The molecule has 0 aliphatic heterocycles. The maximum atomic E-state index is 12.2. The first-order valence-electron chi connectivity index (χ1n) is 5.37. The Kier molecular flexibility index (Phi) is 6.99. The molecule has 0 aliphatic carbocycles. The Hall–Kier alpha value is -0.290. The van der Waals surface area contributed by atoms with Crippen molar-refractivity contribution in [3.05, 3.63) is 0 Å². The standard InChI is InChI=1S/C11H22N2OS2/c1-7(2)9(10(12)15)11(14)13(4)8(3)6-16-5/h7-9H,6H2,1-5H3,(H2,12,15). The fourth-order valence-corrected chi connectivity index (χ4v) is 2.60. The molecule has 0 saturated carbocycles. The third-order valence-corrected chi connectivity index (χ3v) is 3.73. The number of nitrogens with zero attached hydrogens (tertiary/aromatic N) is 1. The van der Waals surface area contributed by atoms with Gasteiger partial charge in [0.15, 0.2) is 0 Å².